The molecule has 1 unspecified atom stereocenters. The molecule has 5 nitrogen and oxygen atoms in total. The number of nitrogens with one attached hydrogen (secondary N) is 1. The summed E-state index contributed by atoms with van der Waals surface area (Å²) >= 11 is 1.29. The zero-order valence-electron chi connectivity index (χ0n) is 11.1. The van der Waals surface area contributed by atoms with E-state index in [0.29, 0.717) is 21.3 Å². The number of carbonyl (C=O) groups excluding carboxylic acids is 1. The highest BCUT2D eigenvalue weighted by molar-refractivity contribution is 7.17. The molecule has 102 valence electrons. The predicted molar refractivity (Wildman–Crippen MR) is 73.3 cm³/mol. The Morgan fingerprint density at radius 2 is 2.26 bits per heavy atom. The molecule has 2 aromatic heterocycles. The number of thiazole rings is 1. The quantitative estimate of drug-likeness (QED) is 0.899. The number of aliphatic hydroxyl groups excluding tert-OH is 1. The molecule has 0 saturated heterocycles. The van der Waals surface area contributed by atoms with Gasteiger partial charge in [-0.2, -0.15) is 0 Å². The molecule has 0 saturated carbocycles. The van der Waals surface area contributed by atoms with Crippen LogP contribution in [-0.4, -0.2) is 28.6 Å². The summed E-state index contributed by atoms with van der Waals surface area (Å²) in [6.45, 7) is 5.50. The Bertz CT molecular complexity index is 586. The van der Waals surface area contributed by atoms with Crippen molar-refractivity contribution in [1.29, 1.82) is 0 Å². The first kappa shape index (κ1) is 13.8. The molecule has 1 amide bonds. The second kappa shape index (κ2) is 5.54. The van der Waals surface area contributed by atoms with Gasteiger partial charge in [0.1, 0.15) is 10.6 Å². The molecule has 0 aliphatic carbocycles. The van der Waals surface area contributed by atoms with Gasteiger partial charge >= 0.3 is 0 Å². The summed E-state index contributed by atoms with van der Waals surface area (Å²) in [4.78, 5) is 16.8. The molecule has 0 fully saturated rings. The van der Waals surface area contributed by atoms with Gasteiger partial charge in [0.15, 0.2) is 10.8 Å². The van der Waals surface area contributed by atoms with Crippen molar-refractivity contribution in [1.82, 2.24) is 10.3 Å². The van der Waals surface area contributed by atoms with Gasteiger partial charge in [0.05, 0.1) is 11.8 Å². The van der Waals surface area contributed by atoms with Crippen LogP contribution < -0.4 is 5.32 Å². The number of amides is 1. The second-order valence-corrected chi connectivity index (χ2v) is 5.40. The lowest BCUT2D eigenvalue weighted by atomic mass is 10.3. The van der Waals surface area contributed by atoms with Crippen LogP contribution in [0.15, 0.2) is 16.5 Å². The standard InChI is InChI=1S/C13H16N2O3S/c1-7(16)6-14-12(17)11-9(3)15-13(19-11)10-5-4-8(2)18-10/h4-5,7,16H,6H2,1-3H3,(H,14,17). The summed E-state index contributed by atoms with van der Waals surface area (Å²) in [5.41, 5.74) is 0.664. The van der Waals surface area contributed by atoms with E-state index in [-0.39, 0.29) is 12.5 Å². The van der Waals surface area contributed by atoms with Crippen LogP contribution >= 0.6 is 11.3 Å². The lowest BCUT2D eigenvalue weighted by molar-refractivity contribution is 0.0927. The summed E-state index contributed by atoms with van der Waals surface area (Å²) in [7, 11) is 0. The fourth-order valence-corrected chi connectivity index (χ4v) is 2.53. The molecule has 2 rings (SSSR count). The van der Waals surface area contributed by atoms with Crippen molar-refractivity contribution in [2.24, 2.45) is 0 Å². The van der Waals surface area contributed by atoms with Gasteiger partial charge in [0.25, 0.3) is 5.91 Å². The Hall–Kier alpha value is -1.66. The number of hydrogen-bond acceptors (Lipinski definition) is 5. The molecular weight excluding hydrogens is 264 g/mol. The van der Waals surface area contributed by atoms with Crippen molar-refractivity contribution >= 4 is 17.2 Å². The van der Waals surface area contributed by atoms with Gasteiger partial charge in [0.2, 0.25) is 0 Å². The number of aryl methyl sites for hydroxylation is 2. The maximum Gasteiger partial charge on any atom is 0.263 e. The van der Waals surface area contributed by atoms with Gasteiger partial charge < -0.3 is 14.8 Å². The third-order valence-electron chi connectivity index (χ3n) is 2.51. The van der Waals surface area contributed by atoms with E-state index in [4.69, 9.17) is 9.52 Å². The summed E-state index contributed by atoms with van der Waals surface area (Å²) < 4.78 is 5.49. The number of nitrogens with zero attached hydrogens (tertiary/aromatic N) is 1. The fraction of sp³-hybridized carbons (Fsp3) is 0.385. The van der Waals surface area contributed by atoms with E-state index in [1.807, 2.05) is 19.1 Å². The SMILES string of the molecule is Cc1ccc(-c2nc(C)c(C(=O)NCC(C)O)s2)o1. The molecule has 2 aromatic rings. The number of carbonyl (C=O) groups is 1. The maximum absolute atomic E-state index is 11.9. The number of aliphatic hydroxyl groups is 1. The molecule has 2 N–H and O–H groups in total. The molecular formula is C13H16N2O3S. The molecule has 6 heteroatoms. The van der Waals surface area contributed by atoms with Crippen LogP contribution in [0.4, 0.5) is 0 Å². The highest BCUT2D eigenvalue weighted by atomic mass is 32.1. The first-order valence-electron chi connectivity index (χ1n) is 5.98. The molecule has 1 atom stereocenters. The topological polar surface area (TPSA) is 75.4 Å². The van der Waals surface area contributed by atoms with E-state index in [1.165, 1.54) is 11.3 Å². The summed E-state index contributed by atoms with van der Waals surface area (Å²) in [6, 6.07) is 3.70. The summed E-state index contributed by atoms with van der Waals surface area (Å²) in [5.74, 6) is 1.26. The average molecular weight is 280 g/mol. The minimum Gasteiger partial charge on any atom is -0.459 e. The third-order valence-corrected chi connectivity index (χ3v) is 3.68. The zero-order valence-corrected chi connectivity index (χ0v) is 11.9. The summed E-state index contributed by atoms with van der Waals surface area (Å²) in [5, 5.41) is 12.5. The Balaban J connectivity index is 2.19. The van der Waals surface area contributed by atoms with Crippen LogP contribution in [-0.2, 0) is 0 Å². The molecule has 0 spiro atoms. The molecule has 0 aliphatic heterocycles. The second-order valence-electron chi connectivity index (χ2n) is 4.40. The van der Waals surface area contributed by atoms with E-state index in [9.17, 15) is 4.79 Å². The Morgan fingerprint density at radius 3 is 2.84 bits per heavy atom. The Morgan fingerprint density at radius 1 is 1.53 bits per heavy atom. The van der Waals surface area contributed by atoms with Crippen molar-refractivity contribution in [3.63, 3.8) is 0 Å². The lowest BCUT2D eigenvalue weighted by Crippen LogP contribution is -2.30. The van der Waals surface area contributed by atoms with Crippen molar-refractivity contribution < 1.29 is 14.3 Å². The predicted octanol–water partition coefficient (Wildman–Crippen LogP) is 2.13. The maximum atomic E-state index is 11.9. The van der Waals surface area contributed by atoms with E-state index in [2.05, 4.69) is 10.3 Å². The van der Waals surface area contributed by atoms with Gasteiger partial charge in [-0.3, -0.25) is 4.79 Å². The van der Waals surface area contributed by atoms with Gasteiger partial charge in [-0.1, -0.05) is 0 Å². The Labute approximate surface area is 115 Å². The first-order chi connectivity index (χ1) is 8.97. The molecule has 0 bridgehead atoms. The van der Waals surface area contributed by atoms with Gasteiger partial charge in [0, 0.05) is 6.54 Å². The number of furan rings is 1. The van der Waals surface area contributed by atoms with Crippen LogP contribution in [0.2, 0.25) is 0 Å². The van der Waals surface area contributed by atoms with Crippen LogP contribution in [0.1, 0.15) is 28.0 Å². The highest BCUT2D eigenvalue weighted by Crippen LogP contribution is 2.29. The minimum absolute atomic E-state index is 0.217. The van der Waals surface area contributed by atoms with Crippen LogP contribution in [0.3, 0.4) is 0 Å². The van der Waals surface area contributed by atoms with Crippen LogP contribution in [0, 0.1) is 13.8 Å². The monoisotopic (exact) mass is 280 g/mol. The van der Waals surface area contributed by atoms with E-state index in [1.54, 1.807) is 13.8 Å². The Kier molecular flexibility index (Phi) is 4.01. The van der Waals surface area contributed by atoms with E-state index in [0.717, 1.165) is 5.76 Å². The van der Waals surface area contributed by atoms with E-state index < -0.39 is 6.10 Å². The number of aromatic nitrogens is 1. The number of rotatable bonds is 4. The van der Waals surface area contributed by atoms with Crippen molar-refractivity contribution in [3.8, 4) is 10.8 Å². The average Bonchev–Trinajstić information content (AvgIpc) is 2.92. The molecule has 0 aliphatic rings. The van der Waals surface area contributed by atoms with Crippen molar-refractivity contribution in [2.45, 2.75) is 26.9 Å². The normalized spacial score (nSPS) is 12.4. The molecule has 19 heavy (non-hydrogen) atoms. The van der Waals surface area contributed by atoms with Gasteiger partial charge in [-0.25, -0.2) is 4.98 Å². The van der Waals surface area contributed by atoms with Gasteiger partial charge in [-0.15, -0.1) is 11.3 Å². The fourth-order valence-electron chi connectivity index (χ4n) is 1.58. The third kappa shape index (κ3) is 3.21. The van der Waals surface area contributed by atoms with E-state index >= 15 is 0 Å². The van der Waals surface area contributed by atoms with Crippen molar-refractivity contribution in [2.75, 3.05) is 6.54 Å². The van der Waals surface area contributed by atoms with Gasteiger partial charge in [-0.05, 0) is 32.9 Å². The smallest absolute Gasteiger partial charge is 0.263 e. The van der Waals surface area contributed by atoms with Crippen LogP contribution in [0.5, 0.6) is 0 Å². The highest BCUT2D eigenvalue weighted by Gasteiger charge is 2.17. The molecule has 2 heterocycles. The zero-order chi connectivity index (χ0) is 14.0. The number of hydrogen-bond donors (Lipinski definition) is 2. The first-order valence-corrected chi connectivity index (χ1v) is 6.79. The lowest BCUT2D eigenvalue weighted by Gasteiger charge is -2.05. The van der Waals surface area contributed by atoms with Crippen molar-refractivity contribution in [3.05, 3.63) is 28.5 Å². The summed E-state index contributed by atoms with van der Waals surface area (Å²) in [6.07, 6.45) is -0.565. The molecule has 0 aromatic carbocycles. The van der Waals surface area contributed by atoms with Crippen LogP contribution in [0.25, 0.3) is 10.8 Å². The molecule has 0 radical (unpaired) electrons. The largest absolute Gasteiger partial charge is 0.459 e. The minimum atomic E-state index is -0.565.